The molecule has 1 N–H and O–H groups in total. The van der Waals surface area contributed by atoms with E-state index in [1.165, 1.54) is 19.3 Å². The Morgan fingerprint density at radius 1 is 1.44 bits per heavy atom. The summed E-state index contributed by atoms with van der Waals surface area (Å²) in [5.41, 5.74) is 2.95. The Bertz CT molecular complexity index is 442. The van der Waals surface area contributed by atoms with Crippen LogP contribution in [0.2, 0.25) is 0 Å². The van der Waals surface area contributed by atoms with Crippen LogP contribution in [0.25, 0.3) is 0 Å². The Morgan fingerprint density at radius 2 is 2.28 bits per heavy atom. The Balaban J connectivity index is 2.08. The number of anilines is 1. The number of likely N-dealkylation sites (N-methyl/N-ethyl adjacent to an activating group) is 1. The van der Waals surface area contributed by atoms with Gasteiger partial charge in [0.1, 0.15) is 6.07 Å². The molecule has 0 aliphatic carbocycles. The van der Waals surface area contributed by atoms with Gasteiger partial charge in [-0.3, -0.25) is 0 Å². The van der Waals surface area contributed by atoms with E-state index in [1.54, 1.807) is 0 Å². The lowest BCUT2D eigenvalue weighted by Gasteiger charge is -2.29. The van der Waals surface area contributed by atoms with Crippen LogP contribution in [0.5, 0.6) is 0 Å². The van der Waals surface area contributed by atoms with Crippen LogP contribution in [0, 0.1) is 18.3 Å². The number of hydrogen-bond donors (Lipinski definition) is 1. The van der Waals surface area contributed by atoms with Crippen molar-refractivity contribution in [3.05, 3.63) is 29.3 Å². The van der Waals surface area contributed by atoms with E-state index in [0.29, 0.717) is 6.04 Å². The van der Waals surface area contributed by atoms with E-state index < -0.39 is 0 Å². The van der Waals surface area contributed by atoms with Crippen molar-refractivity contribution in [1.82, 2.24) is 5.32 Å². The van der Waals surface area contributed by atoms with E-state index in [2.05, 4.69) is 35.5 Å². The Labute approximate surface area is 109 Å². The summed E-state index contributed by atoms with van der Waals surface area (Å²) < 4.78 is 0. The number of nitrogens with zero attached hydrogens (tertiary/aromatic N) is 2. The van der Waals surface area contributed by atoms with Crippen molar-refractivity contribution < 1.29 is 0 Å². The van der Waals surface area contributed by atoms with Crippen LogP contribution in [-0.4, -0.2) is 26.2 Å². The van der Waals surface area contributed by atoms with Crippen molar-refractivity contribution in [3.63, 3.8) is 0 Å². The van der Waals surface area contributed by atoms with Crippen molar-refractivity contribution in [1.29, 1.82) is 5.26 Å². The molecule has 1 aliphatic heterocycles. The molecule has 0 bridgehead atoms. The van der Waals surface area contributed by atoms with Crippen molar-refractivity contribution in [2.24, 2.45) is 0 Å². The van der Waals surface area contributed by atoms with Gasteiger partial charge < -0.3 is 10.2 Å². The molecule has 1 aliphatic rings. The van der Waals surface area contributed by atoms with Crippen LogP contribution in [0.1, 0.15) is 30.4 Å². The maximum atomic E-state index is 9.21. The first-order valence-corrected chi connectivity index (χ1v) is 6.66. The molecule has 0 radical (unpaired) electrons. The first-order valence-electron chi connectivity index (χ1n) is 6.66. The summed E-state index contributed by atoms with van der Waals surface area (Å²) in [6, 6.07) is 8.93. The molecule has 96 valence electrons. The standard InChI is InChI=1S/C15H21N3/c1-12-6-7-15(13(9-12)10-16)18(2)11-14-5-3-4-8-17-14/h6-7,9,14,17H,3-5,8,11H2,1-2H3. The summed E-state index contributed by atoms with van der Waals surface area (Å²) in [6.45, 7) is 4.11. The molecule has 1 fully saturated rings. The highest BCUT2D eigenvalue weighted by Gasteiger charge is 2.16. The van der Waals surface area contributed by atoms with Crippen molar-refractivity contribution in [2.45, 2.75) is 32.2 Å². The maximum absolute atomic E-state index is 9.21. The van der Waals surface area contributed by atoms with E-state index in [4.69, 9.17) is 0 Å². The van der Waals surface area contributed by atoms with Gasteiger partial charge in [-0.25, -0.2) is 0 Å². The number of aryl methyl sites for hydroxylation is 1. The lowest BCUT2D eigenvalue weighted by molar-refractivity contribution is 0.403. The molecule has 18 heavy (non-hydrogen) atoms. The molecule has 3 heteroatoms. The molecule has 1 aromatic carbocycles. The average molecular weight is 243 g/mol. The van der Waals surface area contributed by atoms with Gasteiger partial charge in [-0.15, -0.1) is 0 Å². The molecule has 2 rings (SSSR count). The van der Waals surface area contributed by atoms with Crippen LogP contribution in [-0.2, 0) is 0 Å². The number of nitrogens with one attached hydrogen (secondary N) is 1. The normalized spacial score (nSPS) is 19.3. The summed E-state index contributed by atoms with van der Waals surface area (Å²) in [6.07, 6.45) is 3.83. The van der Waals surface area contributed by atoms with Gasteiger partial charge in [0, 0.05) is 19.6 Å². The predicted molar refractivity (Wildman–Crippen MR) is 74.8 cm³/mol. The lowest BCUT2D eigenvalue weighted by Crippen LogP contribution is -2.42. The van der Waals surface area contributed by atoms with Gasteiger partial charge in [-0.2, -0.15) is 5.26 Å². The molecular weight excluding hydrogens is 222 g/mol. The highest BCUT2D eigenvalue weighted by atomic mass is 15.1. The van der Waals surface area contributed by atoms with Gasteiger partial charge >= 0.3 is 0 Å². The zero-order valence-electron chi connectivity index (χ0n) is 11.2. The van der Waals surface area contributed by atoms with Gasteiger partial charge in [-0.05, 0) is 44.0 Å². The number of nitriles is 1. The first kappa shape index (κ1) is 12.9. The van der Waals surface area contributed by atoms with Gasteiger partial charge in [-0.1, -0.05) is 12.5 Å². The second-order valence-electron chi connectivity index (χ2n) is 5.16. The minimum absolute atomic E-state index is 0.552. The predicted octanol–water partition coefficient (Wildman–Crippen LogP) is 2.45. The smallest absolute Gasteiger partial charge is 0.101 e. The van der Waals surface area contributed by atoms with E-state index >= 15 is 0 Å². The average Bonchev–Trinajstić information content (AvgIpc) is 2.39. The molecule has 0 amide bonds. The van der Waals surface area contributed by atoms with E-state index in [9.17, 15) is 5.26 Å². The van der Waals surface area contributed by atoms with Crippen LogP contribution < -0.4 is 10.2 Å². The second kappa shape index (κ2) is 5.88. The van der Waals surface area contributed by atoms with Gasteiger partial charge in [0.15, 0.2) is 0 Å². The van der Waals surface area contributed by atoms with Crippen LogP contribution in [0.3, 0.4) is 0 Å². The molecule has 1 saturated heterocycles. The SMILES string of the molecule is Cc1ccc(N(C)CC2CCCCN2)c(C#N)c1. The molecule has 0 saturated carbocycles. The summed E-state index contributed by atoms with van der Waals surface area (Å²) in [5.74, 6) is 0. The van der Waals surface area contributed by atoms with E-state index in [1.807, 2.05) is 13.0 Å². The summed E-state index contributed by atoms with van der Waals surface area (Å²) in [7, 11) is 2.07. The Kier molecular flexibility index (Phi) is 4.22. The number of rotatable bonds is 3. The monoisotopic (exact) mass is 243 g/mol. The minimum Gasteiger partial charge on any atom is -0.372 e. The quantitative estimate of drug-likeness (QED) is 0.886. The number of hydrogen-bond acceptors (Lipinski definition) is 3. The first-order chi connectivity index (χ1) is 8.70. The zero-order chi connectivity index (χ0) is 13.0. The van der Waals surface area contributed by atoms with Gasteiger partial charge in [0.25, 0.3) is 0 Å². The summed E-state index contributed by atoms with van der Waals surface area (Å²) in [5, 5.41) is 12.7. The molecule has 1 atom stereocenters. The third-order valence-corrected chi connectivity index (χ3v) is 3.59. The van der Waals surface area contributed by atoms with Crippen LogP contribution >= 0.6 is 0 Å². The molecule has 0 spiro atoms. The third kappa shape index (κ3) is 3.02. The lowest BCUT2D eigenvalue weighted by atomic mass is 10.0. The number of benzene rings is 1. The molecule has 1 aromatic rings. The zero-order valence-corrected chi connectivity index (χ0v) is 11.2. The fourth-order valence-electron chi connectivity index (χ4n) is 2.58. The largest absolute Gasteiger partial charge is 0.372 e. The van der Waals surface area contributed by atoms with Crippen molar-refractivity contribution in [2.75, 3.05) is 25.0 Å². The van der Waals surface area contributed by atoms with Gasteiger partial charge in [0.2, 0.25) is 0 Å². The third-order valence-electron chi connectivity index (χ3n) is 3.59. The molecular formula is C15H21N3. The van der Waals surface area contributed by atoms with Crippen molar-refractivity contribution >= 4 is 5.69 Å². The maximum Gasteiger partial charge on any atom is 0.101 e. The molecule has 1 unspecified atom stereocenters. The van der Waals surface area contributed by atoms with E-state index in [0.717, 1.165) is 29.9 Å². The Morgan fingerprint density at radius 3 is 2.94 bits per heavy atom. The molecule has 1 heterocycles. The highest BCUT2D eigenvalue weighted by molar-refractivity contribution is 5.60. The topological polar surface area (TPSA) is 39.1 Å². The summed E-state index contributed by atoms with van der Waals surface area (Å²) in [4.78, 5) is 2.20. The number of piperidine rings is 1. The minimum atomic E-state index is 0.552. The molecule has 3 nitrogen and oxygen atoms in total. The summed E-state index contributed by atoms with van der Waals surface area (Å²) >= 11 is 0. The second-order valence-corrected chi connectivity index (χ2v) is 5.16. The Hall–Kier alpha value is -1.53. The fraction of sp³-hybridized carbons (Fsp3) is 0.533. The fourth-order valence-corrected chi connectivity index (χ4v) is 2.58. The van der Waals surface area contributed by atoms with E-state index in [-0.39, 0.29) is 0 Å². The van der Waals surface area contributed by atoms with Crippen LogP contribution in [0.15, 0.2) is 18.2 Å². The molecule has 0 aromatic heterocycles. The van der Waals surface area contributed by atoms with Crippen molar-refractivity contribution in [3.8, 4) is 6.07 Å². The van der Waals surface area contributed by atoms with Gasteiger partial charge in [0.05, 0.1) is 11.3 Å². The highest BCUT2D eigenvalue weighted by Crippen LogP contribution is 2.21. The van der Waals surface area contributed by atoms with Crippen LogP contribution in [0.4, 0.5) is 5.69 Å².